The van der Waals surface area contributed by atoms with Crippen molar-refractivity contribution in [2.75, 3.05) is 5.32 Å². The number of nitrogens with one attached hydrogen (secondary N) is 1. The van der Waals surface area contributed by atoms with E-state index in [2.05, 4.69) is 10.3 Å². The smallest absolute Gasteiger partial charge is 0.238 e. The van der Waals surface area contributed by atoms with Crippen LogP contribution >= 0.6 is 11.8 Å². The molecular formula is C25H21F2N3O2S. The van der Waals surface area contributed by atoms with E-state index in [1.165, 1.54) is 53.1 Å². The first-order valence-electron chi connectivity index (χ1n) is 10.3. The molecule has 1 aliphatic rings. The summed E-state index contributed by atoms with van der Waals surface area (Å²) in [5.74, 6) is -1.34. The Hall–Kier alpha value is -3.52. The van der Waals surface area contributed by atoms with E-state index in [0.717, 1.165) is 11.1 Å². The Labute approximate surface area is 194 Å². The fourth-order valence-corrected chi connectivity index (χ4v) is 4.44. The molecule has 0 aromatic heterocycles. The number of anilines is 1. The van der Waals surface area contributed by atoms with Crippen LogP contribution in [0.5, 0.6) is 0 Å². The highest BCUT2D eigenvalue weighted by molar-refractivity contribution is 8.15. The lowest BCUT2D eigenvalue weighted by molar-refractivity contribution is -0.129. The third-order valence-corrected chi connectivity index (χ3v) is 6.21. The zero-order chi connectivity index (χ0) is 23.4. The third-order valence-electron chi connectivity index (χ3n) is 5.02. The minimum Gasteiger partial charge on any atom is -0.325 e. The number of halogens is 2. The van der Waals surface area contributed by atoms with Crippen molar-refractivity contribution in [2.24, 2.45) is 4.99 Å². The summed E-state index contributed by atoms with van der Waals surface area (Å²) in [6.07, 6.45) is -0.00799. The number of hydrogen-bond donors (Lipinski definition) is 1. The lowest BCUT2D eigenvalue weighted by atomic mass is 10.2. The first-order chi connectivity index (χ1) is 15.9. The highest BCUT2D eigenvalue weighted by atomic mass is 32.2. The van der Waals surface area contributed by atoms with Crippen molar-refractivity contribution in [3.05, 3.63) is 95.6 Å². The number of thioether (sulfide) groups is 1. The van der Waals surface area contributed by atoms with Gasteiger partial charge in [0.2, 0.25) is 11.8 Å². The van der Waals surface area contributed by atoms with Gasteiger partial charge in [0, 0.05) is 12.1 Å². The van der Waals surface area contributed by atoms with E-state index in [-0.39, 0.29) is 30.6 Å². The molecule has 1 N–H and O–H groups in total. The fraction of sp³-hybridized carbons (Fsp3) is 0.160. The van der Waals surface area contributed by atoms with E-state index in [9.17, 15) is 18.4 Å². The van der Waals surface area contributed by atoms with Gasteiger partial charge in [-0.1, -0.05) is 36.0 Å². The second kappa shape index (κ2) is 9.95. The summed E-state index contributed by atoms with van der Waals surface area (Å²) in [5.41, 5.74) is 2.83. The van der Waals surface area contributed by atoms with Crippen molar-refractivity contribution < 1.29 is 18.4 Å². The number of carbonyl (C=O) groups excluding carboxylic acids is 2. The Kier molecular flexibility index (Phi) is 6.84. The molecule has 3 aromatic carbocycles. The van der Waals surface area contributed by atoms with Crippen molar-refractivity contribution in [3.8, 4) is 0 Å². The van der Waals surface area contributed by atoms with Crippen LogP contribution in [0.15, 0.2) is 77.8 Å². The molecule has 1 heterocycles. The lowest BCUT2D eigenvalue weighted by Crippen LogP contribution is -2.44. The highest BCUT2D eigenvalue weighted by Gasteiger charge is 2.36. The summed E-state index contributed by atoms with van der Waals surface area (Å²) < 4.78 is 26.6. The second-order valence-corrected chi connectivity index (χ2v) is 8.82. The summed E-state index contributed by atoms with van der Waals surface area (Å²) in [6.45, 7) is 2.10. The van der Waals surface area contributed by atoms with Crippen LogP contribution in [0, 0.1) is 18.6 Å². The Balaban J connectivity index is 1.59. The molecule has 33 heavy (non-hydrogen) atoms. The molecule has 5 nitrogen and oxygen atoms in total. The lowest BCUT2D eigenvalue weighted by Gasteiger charge is -2.32. The minimum absolute atomic E-state index is 0.00799. The minimum atomic E-state index is -0.679. The maximum absolute atomic E-state index is 13.3. The largest absolute Gasteiger partial charge is 0.325 e. The summed E-state index contributed by atoms with van der Waals surface area (Å²) in [4.78, 5) is 32.0. The van der Waals surface area contributed by atoms with Crippen molar-refractivity contribution in [3.63, 3.8) is 0 Å². The first-order valence-corrected chi connectivity index (χ1v) is 11.2. The Morgan fingerprint density at radius 2 is 1.73 bits per heavy atom. The molecule has 3 aromatic rings. The molecule has 0 spiro atoms. The highest BCUT2D eigenvalue weighted by Crippen LogP contribution is 2.31. The molecule has 8 heteroatoms. The van der Waals surface area contributed by atoms with E-state index in [0.29, 0.717) is 16.5 Å². The van der Waals surface area contributed by atoms with Gasteiger partial charge in [0.25, 0.3) is 0 Å². The zero-order valence-electron chi connectivity index (χ0n) is 17.8. The third kappa shape index (κ3) is 5.84. The Morgan fingerprint density at radius 3 is 2.39 bits per heavy atom. The number of hydrogen-bond acceptors (Lipinski definition) is 4. The average molecular weight is 466 g/mol. The van der Waals surface area contributed by atoms with Crippen LogP contribution in [0.2, 0.25) is 0 Å². The van der Waals surface area contributed by atoms with Gasteiger partial charge in [-0.2, -0.15) is 0 Å². The van der Waals surface area contributed by atoms with Gasteiger partial charge in [-0.15, -0.1) is 0 Å². The quantitative estimate of drug-likeness (QED) is 0.546. The van der Waals surface area contributed by atoms with Crippen molar-refractivity contribution in [1.82, 2.24) is 4.90 Å². The molecule has 1 aliphatic heterocycles. The van der Waals surface area contributed by atoms with Gasteiger partial charge < -0.3 is 5.32 Å². The van der Waals surface area contributed by atoms with Crippen molar-refractivity contribution in [2.45, 2.75) is 25.1 Å². The second-order valence-electron chi connectivity index (χ2n) is 7.65. The number of aliphatic imine (C=N–C) groups is 1. The van der Waals surface area contributed by atoms with E-state index in [4.69, 9.17) is 0 Å². The first kappa shape index (κ1) is 22.7. The maximum Gasteiger partial charge on any atom is 0.238 e. The predicted molar refractivity (Wildman–Crippen MR) is 126 cm³/mol. The standard InChI is InChI=1S/C25H21F2N3O2S/c1-16-3-2-4-21(13-16)28-24(32)22-14-23(31)30(15-17-5-7-18(26)8-6-17)25(33-22)29-20-11-9-19(27)10-12-20/h2-13,22H,14-15H2,1H3,(H,28,32). The van der Waals surface area contributed by atoms with Crippen LogP contribution in [0.3, 0.4) is 0 Å². The average Bonchev–Trinajstić information content (AvgIpc) is 2.78. The van der Waals surface area contributed by atoms with Crippen LogP contribution in [-0.4, -0.2) is 27.1 Å². The molecule has 0 saturated carbocycles. The van der Waals surface area contributed by atoms with Crippen molar-refractivity contribution in [1.29, 1.82) is 0 Å². The molecule has 2 amide bonds. The maximum atomic E-state index is 13.3. The van der Waals surface area contributed by atoms with Gasteiger partial charge in [-0.3, -0.25) is 14.5 Å². The number of benzene rings is 3. The summed E-state index contributed by atoms with van der Waals surface area (Å²) in [5, 5.41) is 2.51. The molecule has 1 fully saturated rings. The molecule has 0 aliphatic carbocycles. The molecular weight excluding hydrogens is 444 g/mol. The molecule has 1 unspecified atom stereocenters. The van der Waals surface area contributed by atoms with E-state index >= 15 is 0 Å². The number of carbonyl (C=O) groups is 2. The van der Waals surface area contributed by atoms with Gasteiger partial charge in [-0.25, -0.2) is 13.8 Å². The molecule has 0 bridgehead atoms. The van der Waals surface area contributed by atoms with Gasteiger partial charge >= 0.3 is 0 Å². The number of rotatable bonds is 5. The van der Waals surface area contributed by atoms with Crippen LogP contribution in [0.25, 0.3) is 0 Å². The predicted octanol–water partition coefficient (Wildman–Crippen LogP) is 5.43. The SMILES string of the molecule is Cc1cccc(NC(=O)C2CC(=O)N(Cc3ccc(F)cc3)C(=Nc3ccc(F)cc3)S2)c1. The molecule has 4 rings (SSSR count). The molecule has 1 atom stereocenters. The number of aryl methyl sites for hydroxylation is 1. The van der Waals surface area contributed by atoms with Crippen LogP contribution in [-0.2, 0) is 16.1 Å². The summed E-state index contributed by atoms with van der Waals surface area (Å²) in [7, 11) is 0. The van der Waals surface area contributed by atoms with Crippen molar-refractivity contribution >= 4 is 40.1 Å². The summed E-state index contributed by atoms with van der Waals surface area (Å²) >= 11 is 1.17. The molecule has 0 radical (unpaired) electrons. The molecule has 168 valence electrons. The van der Waals surface area contributed by atoms with Crippen LogP contribution < -0.4 is 5.32 Å². The number of amidine groups is 1. The van der Waals surface area contributed by atoms with Gasteiger partial charge in [0.05, 0.1) is 12.2 Å². The molecule has 1 saturated heterocycles. The van der Waals surface area contributed by atoms with E-state index < -0.39 is 11.1 Å². The Morgan fingerprint density at radius 1 is 1.06 bits per heavy atom. The normalized spacial score (nSPS) is 17.3. The monoisotopic (exact) mass is 465 g/mol. The van der Waals surface area contributed by atoms with Gasteiger partial charge in [0.1, 0.15) is 16.9 Å². The Bertz CT molecular complexity index is 1200. The van der Waals surface area contributed by atoms with E-state index in [1.54, 1.807) is 18.2 Å². The van der Waals surface area contributed by atoms with E-state index in [1.807, 2.05) is 25.1 Å². The van der Waals surface area contributed by atoms with Crippen LogP contribution in [0.4, 0.5) is 20.2 Å². The van der Waals surface area contributed by atoms with Gasteiger partial charge in [0.15, 0.2) is 5.17 Å². The number of nitrogens with zero attached hydrogens (tertiary/aromatic N) is 2. The summed E-state index contributed by atoms with van der Waals surface area (Å²) in [6, 6.07) is 18.8. The van der Waals surface area contributed by atoms with Gasteiger partial charge in [-0.05, 0) is 66.6 Å². The zero-order valence-corrected chi connectivity index (χ0v) is 18.6. The topological polar surface area (TPSA) is 61.8 Å². The number of amides is 2. The van der Waals surface area contributed by atoms with Crippen LogP contribution in [0.1, 0.15) is 17.5 Å². The fourth-order valence-electron chi connectivity index (χ4n) is 3.34.